The molecule has 0 aliphatic carbocycles. The highest BCUT2D eigenvalue weighted by atomic mass is 125. The van der Waals surface area contributed by atoms with E-state index >= 15 is 0 Å². The number of nitrogens with zero attached hydrogens (tertiary/aromatic N) is 2. The molecule has 0 fully saturated rings. The number of halogens is 1. The molecule has 1 aromatic heterocycles. The first-order valence-electron chi connectivity index (χ1n) is 9.30. The molecular weight excluding hydrogens is 485 g/mol. The first kappa shape index (κ1) is 21.4. The van der Waals surface area contributed by atoms with Gasteiger partial charge in [0.1, 0.15) is 17.9 Å². The van der Waals surface area contributed by atoms with Crippen molar-refractivity contribution < 1.29 is 23.8 Å². The Morgan fingerprint density at radius 1 is 1.31 bits per heavy atom. The fraction of sp³-hybridized carbons (Fsp3) is 0.333. The third kappa shape index (κ3) is 5.60. The van der Waals surface area contributed by atoms with Crippen LogP contribution in [0, 0.1) is 3.57 Å². The number of fused-ring (bicyclic) bond motifs is 1. The Balaban J connectivity index is 1.55. The quantitative estimate of drug-likeness (QED) is 0.415. The molecule has 0 saturated carbocycles. The molecule has 0 amide bonds. The smallest absolute Gasteiger partial charge is 0.333 e. The van der Waals surface area contributed by atoms with Gasteiger partial charge in [0.25, 0.3) is 6.01 Å². The van der Waals surface area contributed by atoms with E-state index in [1.165, 1.54) is 0 Å². The van der Waals surface area contributed by atoms with E-state index in [9.17, 15) is 9.90 Å². The Morgan fingerprint density at radius 3 is 2.79 bits per heavy atom. The van der Waals surface area contributed by atoms with Gasteiger partial charge in [-0.1, -0.05) is 18.2 Å². The van der Waals surface area contributed by atoms with Crippen LogP contribution in [0.1, 0.15) is 12.5 Å². The average Bonchev–Trinajstić information content (AvgIpc) is 3.13. The summed E-state index contributed by atoms with van der Waals surface area (Å²) in [5.74, 6) is -0.201. The highest BCUT2D eigenvalue weighted by Crippen LogP contribution is 2.24. The summed E-state index contributed by atoms with van der Waals surface area (Å²) >= 11 is 2.19. The molecule has 7 nitrogen and oxygen atoms in total. The molecule has 2 aromatic carbocycles. The lowest BCUT2D eigenvalue weighted by Gasteiger charge is -2.16. The average molecular weight is 508 g/mol. The van der Waals surface area contributed by atoms with Crippen molar-refractivity contribution in [2.45, 2.75) is 19.4 Å². The first-order chi connectivity index (χ1) is 14.0. The second kappa shape index (κ2) is 9.93. The van der Waals surface area contributed by atoms with Crippen molar-refractivity contribution in [3.05, 3.63) is 51.6 Å². The molecule has 0 aliphatic heterocycles. The number of para-hydroxylation sites is 2. The van der Waals surface area contributed by atoms with Gasteiger partial charge in [-0.3, -0.25) is 0 Å². The molecule has 0 saturated heterocycles. The minimum atomic E-state index is -0.954. The summed E-state index contributed by atoms with van der Waals surface area (Å²) in [7, 11) is 1.90. The van der Waals surface area contributed by atoms with Crippen molar-refractivity contribution in [2.75, 3.05) is 31.7 Å². The fourth-order valence-corrected chi connectivity index (χ4v) is 3.57. The monoisotopic (exact) mass is 508 g/mol. The van der Waals surface area contributed by atoms with Gasteiger partial charge in [-0.05, 0) is 59.3 Å². The number of carboxylic acid groups (broad SMARTS) is 1. The predicted molar refractivity (Wildman–Crippen MR) is 119 cm³/mol. The van der Waals surface area contributed by atoms with Gasteiger partial charge in [0.2, 0.25) is 0 Å². The maximum absolute atomic E-state index is 11.3. The molecule has 8 heteroatoms. The highest BCUT2D eigenvalue weighted by molar-refractivity contribution is 14.1. The summed E-state index contributed by atoms with van der Waals surface area (Å²) in [4.78, 5) is 17.6. The molecule has 154 valence electrons. The van der Waals surface area contributed by atoms with Gasteiger partial charge < -0.3 is 23.9 Å². The van der Waals surface area contributed by atoms with Crippen molar-refractivity contribution in [3.8, 4) is 5.75 Å². The van der Waals surface area contributed by atoms with Gasteiger partial charge in [0.15, 0.2) is 11.7 Å². The lowest BCUT2D eigenvalue weighted by molar-refractivity contribution is -0.149. The summed E-state index contributed by atoms with van der Waals surface area (Å²) < 4.78 is 17.8. The Labute approximate surface area is 182 Å². The number of likely N-dealkylation sites (N-methyl/N-ethyl adjacent to an activating group) is 1. The predicted octanol–water partition coefficient (Wildman–Crippen LogP) is 3.98. The molecule has 0 aliphatic rings. The Hall–Kier alpha value is -2.33. The molecular formula is C21H23IN2O5. The van der Waals surface area contributed by atoms with Gasteiger partial charge in [-0.15, -0.1) is 0 Å². The van der Waals surface area contributed by atoms with Crippen LogP contribution in [-0.2, 0) is 16.0 Å². The normalized spacial score (nSPS) is 12.1. The minimum absolute atomic E-state index is 0.319. The molecule has 0 radical (unpaired) electrons. The molecule has 0 bridgehead atoms. The SMILES string of the molecule is CCO[C@@H](Cc1ccc(OCCN(C)c2nc3ccccc3o2)c([125I])c1)C(=O)O. The summed E-state index contributed by atoms with van der Waals surface area (Å²) in [5, 5.41) is 9.23. The molecule has 1 N–H and O–H groups in total. The van der Waals surface area contributed by atoms with Crippen LogP contribution in [0.5, 0.6) is 5.75 Å². The number of oxazole rings is 1. The van der Waals surface area contributed by atoms with Crippen LogP contribution in [0.2, 0.25) is 0 Å². The number of anilines is 1. The molecule has 1 heterocycles. The van der Waals surface area contributed by atoms with Gasteiger partial charge in [0.05, 0.1) is 10.1 Å². The third-order valence-electron chi connectivity index (χ3n) is 4.35. The topological polar surface area (TPSA) is 85.0 Å². The number of hydrogen-bond donors (Lipinski definition) is 1. The third-order valence-corrected chi connectivity index (χ3v) is 5.20. The highest BCUT2D eigenvalue weighted by Gasteiger charge is 2.18. The van der Waals surface area contributed by atoms with E-state index < -0.39 is 12.1 Å². The molecule has 3 rings (SSSR count). The van der Waals surface area contributed by atoms with Crippen LogP contribution >= 0.6 is 22.6 Å². The van der Waals surface area contributed by atoms with Gasteiger partial charge in [0, 0.05) is 20.1 Å². The summed E-state index contributed by atoms with van der Waals surface area (Å²) in [6, 6.07) is 13.9. The maximum atomic E-state index is 11.3. The van der Waals surface area contributed by atoms with E-state index in [-0.39, 0.29) is 0 Å². The molecule has 1 atom stereocenters. The number of carboxylic acids is 1. The zero-order valence-corrected chi connectivity index (χ0v) is 18.5. The van der Waals surface area contributed by atoms with Crippen LogP contribution in [-0.4, -0.2) is 49.0 Å². The van der Waals surface area contributed by atoms with Gasteiger partial charge >= 0.3 is 5.97 Å². The number of ether oxygens (including phenoxy) is 2. The second-order valence-corrected chi connectivity index (χ2v) is 7.65. The van der Waals surface area contributed by atoms with Gasteiger partial charge in [-0.2, -0.15) is 4.98 Å². The van der Waals surface area contributed by atoms with Crippen molar-refractivity contribution in [2.24, 2.45) is 0 Å². The number of aliphatic carboxylic acids is 1. The van der Waals surface area contributed by atoms with Crippen LogP contribution in [0.3, 0.4) is 0 Å². The van der Waals surface area contributed by atoms with E-state index in [0.29, 0.717) is 32.2 Å². The number of rotatable bonds is 10. The second-order valence-electron chi connectivity index (χ2n) is 6.49. The lowest BCUT2D eigenvalue weighted by atomic mass is 10.1. The largest absolute Gasteiger partial charge is 0.491 e. The molecule has 0 unspecified atom stereocenters. The molecule has 3 aromatic rings. The zero-order valence-electron chi connectivity index (χ0n) is 16.3. The number of benzene rings is 2. The summed E-state index contributed by atoms with van der Waals surface area (Å²) in [6.45, 7) is 3.22. The van der Waals surface area contributed by atoms with Crippen LogP contribution in [0.15, 0.2) is 46.9 Å². The maximum Gasteiger partial charge on any atom is 0.333 e. The zero-order chi connectivity index (χ0) is 20.8. The number of carbonyl (C=O) groups is 1. The molecule has 0 spiro atoms. The van der Waals surface area contributed by atoms with E-state index in [4.69, 9.17) is 13.9 Å². The fourth-order valence-electron chi connectivity index (χ4n) is 2.83. The van der Waals surface area contributed by atoms with Crippen molar-refractivity contribution in [1.29, 1.82) is 0 Å². The van der Waals surface area contributed by atoms with E-state index in [1.54, 1.807) is 6.92 Å². The summed E-state index contributed by atoms with van der Waals surface area (Å²) in [5.41, 5.74) is 2.48. The van der Waals surface area contributed by atoms with Crippen LogP contribution in [0.4, 0.5) is 6.01 Å². The van der Waals surface area contributed by atoms with Crippen molar-refractivity contribution in [1.82, 2.24) is 4.98 Å². The van der Waals surface area contributed by atoms with Crippen molar-refractivity contribution >= 4 is 45.7 Å². The molecule has 29 heavy (non-hydrogen) atoms. The number of hydrogen-bond acceptors (Lipinski definition) is 6. The Bertz CT molecular complexity index is 942. The number of aromatic nitrogens is 1. The standard InChI is InChI=1S/C21H23IN2O5/c1-3-27-19(20(25)26)13-14-8-9-17(15(22)12-14)28-11-10-24(2)21-23-16-6-4-5-7-18(16)29-21/h4-9,12,19H,3,10-11,13H2,1-2H3,(H,25,26)/t19-/m0/s1/i22-2. The van der Waals surface area contributed by atoms with Crippen LogP contribution < -0.4 is 9.64 Å². The van der Waals surface area contributed by atoms with E-state index in [0.717, 1.165) is 26.0 Å². The first-order valence-corrected chi connectivity index (χ1v) is 10.4. The van der Waals surface area contributed by atoms with E-state index in [1.807, 2.05) is 54.4 Å². The van der Waals surface area contributed by atoms with Crippen molar-refractivity contribution in [3.63, 3.8) is 0 Å². The summed E-state index contributed by atoms with van der Waals surface area (Å²) in [6.07, 6.45) is -0.521. The lowest BCUT2D eigenvalue weighted by Crippen LogP contribution is -2.26. The van der Waals surface area contributed by atoms with Crippen LogP contribution in [0.25, 0.3) is 11.1 Å². The minimum Gasteiger partial charge on any atom is -0.491 e. The van der Waals surface area contributed by atoms with Gasteiger partial charge in [-0.25, -0.2) is 4.79 Å². The van der Waals surface area contributed by atoms with E-state index in [2.05, 4.69) is 27.6 Å². The Morgan fingerprint density at radius 2 is 2.10 bits per heavy atom. The Kier molecular flexibility index (Phi) is 7.32.